The van der Waals surface area contributed by atoms with E-state index in [0.717, 1.165) is 16.0 Å². The maximum Gasteiger partial charge on any atom is 0.410 e. The molecule has 1 heterocycles. The summed E-state index contributed by atoms with van der Waals surface area (Å²) in [5, 5.41) is 0.614. The Morgan fingerprint density at radius 1 is 1.39 bits per heavy atom. The highest BCUT2D eigenvalue weighted by molar-refractivity contribution is 7.80. The van der Waals surface area contributed by atoms with Crippen molar-refractivity contribution in [3.05, 3.63) is 28.3 Å². The molecule has 18 heavy (non-hydrogen) atoms. The Hall–Kier alpha value is -0.870. The molecule has 1 aliphatic heterocycles. The Labute approximate surface area is 117 Å². The summed E-state index contributed by atoms with van der Waals surface area (Å²) in [5.74, 6) is 0. The van der Waals surface area contributed by atoms with E-state index in [9.17, 15) is 4.79 Å². The zero-order valence-electron chi connectivity index (χ0n) is 10.7. The predicted molar refractivity (Wildman–Crippen MR) is 74.2 cm³/mol. The van der Waals surface area contributed by atoms with E-state index in [-0.39, 0.29) is 6.09 Å². The zero-order valence-corrected chi connectivity index (χ0v) is 12.3. The van der Waals surface area contributed by atoms with Crippen LogP contribution in [-0.4, -0.2) is 16.6 Å². The molecule has 0 saturated carbocycles. The van der Waals surface area contributed by atoms with Crippen molar-refractivity contribution in [3.63, 3.8) is 0 Å². The van der Waals surface area contributed by atoms with E-state index in [4.69, 9.17) is 16.3 Å². The first-order valence-electron chi connectivity index (χ1n) is 5.75. The second-order valence-electron chi connectivity index (χ2n) is 5.37. The van der Waals surface area contributed by atoms with Crippen LogP contribution in [0, 0.1) is 0 Å². The smallest absolute Gasteiger partial charge is 0.410 e. The van der Waals surface area contributed by atoms with Gasteiger partial charge < -0.3 is 4.74 Å². The number of carbonyl (C=O) groups is 1. The summed E-state index contributed by atoms with van der Waals surface area (Å²) < 4.78 is 5.35. The van der Waals surface area contributed by atoms with Gasteiger partial charge in [-0.25, -0.2) is 4.79 Å². The van der Waals surface area contributed by atoms with Gasteiger partial charge in [0.25, 0.3) is 0 Å². The number of hydrogen-bond donors (Lipinski definition) is 1. The molecule has 1 aromatic rings. The molecule has 0 aromatic heterocycles. The first kappa shape index (κ1) is 13.6. The molecule has 1 aliphatic rings. The molecule has 0 atom stereocenters. The first-order valence-corrected chi connectivity index (χ1v) is 6.57. The SMILES string of the molecule is CC(C)(C)OC(=O)N1Cc2ccc(Cl)c(S)c2C1. The van der Waals surface area contributed by atoms with Gasteiger partial charge in [-0.3, -0.25) is 4.90 Å². The van der Waals surface area contributed by atoms with Crippen molar-refractivity contribution in [1.29, 1.82) is 0 Å². The van der Waals surface area contributed by atoms with Crippen LogP contribution in [-0.2, 0) is 17.8 Å². The normalized spacial score (nSPS) is 14.6. The van der Waals surface area contributed by atoms with E-state index in [0.29, 0.717) is 18.1 Å². The number of ether oxygens (including phenoxy) is 1. The van der Waals surface area contributed by atoms with Crippen LogP contribution >= 0.6 is 24.2 Å². The van der Waals surface area contributed by atoms with Gasteiger partial charge in [0, 0.05) is 11.4 Å². The van der Waals surface area contributed by atoms with Crippen molar-refractivity contribution in [1.82, 2.24) is 4.90 Å². The van der Waals surface area contributed by atoms with E-state index in [1.807, 2.05) is 26.8 Å². The number of amides is 1. The van der Waals surface area contributed by atoms with Crippen molar-refractivity contribution in [2.45, 2.75) is 44.4 Å². The Morgan fingerprint density at radius 2 is 2.06 bits per heavy atom. The lowest BCUT2D eigenvalue weighted by molar-refractivity contribution is 0.0241. The topological polar surface area (TPSA) is 29.5 Å². The van der Waals surface area contributed by atoms with Gasteiger partial charge in [0.05, 0.1) is 11.6 Å². The average molecular weight is 286 g/mol. The van der Waals surface area contributed by atoms with Crippen LogP contribution in [0.25, 0.3) is 0 Å². The third kappa shape index (κ3) is 2.75. The maximum atomic E-state index is 12.0. The molecule has 0 fully saturated rings. The fourth-order valence-electron chi connectivity index (χ4n) is 1.88. The summed E-state index contributed by atoms with van der Waals surface area (Å²) in [5.41, 5.74) is 1.61. The van der Waals surface area contributed by atoms with Crippen molar-refractivity contribution < 1.29 is 9.53 Å². The minimum atomic E-state index is -0.479. The quantitative estimate of drug-likeness (QED) is 0.733. The van der Waals surface area contributed by atoms with Crippen molar-refractivity contribution in [2.75, 3.05) is 0 Å². The van der Waals surface area contributed by atoms with Crippen molar-refractivity contribution >= 4 is 30.3 Å². The Kier molecular flexibility index (Phi) is 3.52. The van der Waals surface area contributed by atoms with Crippen LogP contribution in [0.5, 0.6) is 0 Å². The third-order valence-corrected chi connectivity index (χ3v) is 3.65. The van der Waals surface area contributed by atoms with Gasteiger partial charge in [-0.15, -0.1) is 12.6 Å². The van der Waals surface area contributed by atoms with Crippen LogP contribution in [0.15, 0.2) is 17.0 Å². The highest BCUT2D eigenvalue weighted by Gasteiger charge is 2.29. The summed E-state index contributed by atoms with van der Waals surface area (Å²) in [6.45, 7) is 6.62. The molecule has 0 N–H and O–H groups in total. The summed E-state index contributed by atoms with van der Waals surface area (Å²) in [4.78, 5) is 14.4. The van der Waals surface area contributed by atoms with E-state index in [2.05, 4.69) is 12.6 Å². The van der Waals surface area contributed by atoms with Gasteiger partial charge in [0.15, 0.2) is 0 Å². The molecule has 5 heteroatoms. The molecule has 0 unspecified atom stereocenters. The number of halogens is 1. The molecule has 0 aliphatic carbocycles. The predicted octanol–water partition coefficient (Wildman–Crippen LogP) is 3.88. The minimum Gasteiger partial charge on any atom is -0.444 e. The van der Waals surface area contributed by atoms with Gasteiger partial charge in [0.1, 0.15) is 5.60 Å². The monoisotopic (exact) mass is 285 g/mol. The Morgan fingerprint density at radius 3 is 2.67 bits per heavy atom. The van der Waals surface area contributed by atoms with Crippen LogP contribution in [0.1, 0.15) is 31.9 Å². The maximum absolute atomic E-state index is 12.0. The van der Waals surface area contributed by atoms with E-state index < -0.39 is 5.60 Å². The van der Waals surface area contributed by atoms with Crippen LogP contribution < -0.4 is 0 Å². The molecule has 1 amide bonds. The molecule has 2 rings (SSSR count). The fraction of sp³-hybridized carbons (Fsp3) is 0.462. The number of nitrogens with zero attached hydrogens (tertiary/aromatic N) is 1. The minimum absolute atomic E-state index is 0.303. The first-order chi connectivity index (χ1) is 8.28. The van der Waals surface area contributed by atoms with Gasteiger partial charge >= 0.3 is 6.09 Å². The number of thiol groups is 1. The van der Waals surface area contributed by atoms with Crippen LogP contribution in [0.3, 0.4) is 0 Å². The summed E-state index contributed by atoms with van der Waals surface area (Å²) in [6, 6.07) is 3.74. The highest BCUT2D eigenvalue weighted by Crippen LogP contribution is 2.33. The molecule has 0 radical (unpaired) electrons. The van der Waals surface area contributed by atoms with Gasteiger partial charge in [-0.05, 0) is 38.0 Å². The lowest BCUT2D eigenvalue weighted by Gasteiger charge is -2.24. The van der Waals surface area contributed by atoms with Crippen LogP contribution in [0.4, 0.5) is 4.79 Å². The molecular formula is C13H16ClNO2S. The summed E-state index contributed by atoms with van der Waals surface area (Å²) in [7, 11) is 0. The molecule has 98 valence electrons. The van der Waals surface area contributed by atoms with Crippen molar-refractivity contribution in [2.24, 2.45) is 0 Å². The summed E-state index contributed by atoms with van der Waals surface area (Å²) >= 11 is 10.4. The molecule has 0 bridgehead atoms. The second kappa shape index (κ2) is 4.67. The highest BCUT2D eigenvalue weighted by atomic mass is 35.5. The summed E-state index contributed by atoms with van der Waals surface area (Å²) in [6.07, 6.45) is -0.303. The largest absolute Gasteiger partial charge is 0.444 e. The molecular weight excluding hydrogens is 270 g/mol. The van der Waals surface area contributed by atoms with Gasteiger partial charge in [-0.1, -0.05) is 17.7 Å². The van der Waals surface area contributed by atoms with Gasteiger partial charge in [0.2, 0.25) is 0 Å². The molecule has 0 spiro atoms. The average Bonchev–Trinajstić information content (AvgIpc) is 2.66. The van der Waals surface area contributed by atoms with E-state index >= 15 is 0 Å². The second-order valence-corrected chi connectivity index (χ2v) is 6.22. The standard InChI is InChI=1S/C13H16ClNO2S/c1-13(2,3)17-12(16)15-6-8-4-5-10(14)11(18)9(8)7-15/h4-5,18H,6-7H2,1-3H3. The molecule has 3 nitrogen and oxygen atoms in total. The van der Waals surface area contributed by atoms with E-state index in [1.165, 1.54) is 0 Å². The molecule has 0 saturated heterocycles. The number of benzene rings is 1. The Balaban J connectivity index is 2.15. The number of hydrogen-bond acceptors (Lipinski definition) is 3. The van der Waals surface area contributed by atoms with Crippen LogP contribution in [0.2, 0.25) is 5.02 Å². The number of carbonyl (C=O) groups excluding carboxylic acids is 1. The lowest BCUT2D eigenvalue weighted by Crippen LogP contribution is -2.33. The fourth-order valence-corrected chi connectivity index (χ4v) is 2.35. The van der Waals surface area contributed by atoms with E-state index in [1.54, 1.807) is 11.0 Å². The Bertz CT molecular complexity index is 496. The molecule has 1 aromatic carbocycles. The van der Waals surface area contributed by atoms with Gasteiger partial charge in [-0.2, -0.15) is 0 Å². The zero-order chi connectivity index (χ0) is 13.5. The third-order valence-electron chi connectivity index (χ3n) is 2.69. The number of fused-ring (bicyclic) bond motifs is 1. The number of rotatable bonds is 0. The van der Waals surface area contributed by atoms with Crippen molar-refractivity contribution in [3.8, 4) is 0 Å². The lowest BCUT2D eigenvalue weighted by atomic mass is 10.1.